The summed E-state index contributed by atoms with van der Waals surface area (Å²) in [6.07, 6.45) is 0. The molecule has 1 atom stereocenters. The average molecular weight is 220 g/mol. The Hall–Kier alpha value is 0.170. The molecule has 0 aliphatic carbocycles. The predicted octanol–water partition coefficient (Wildman–Crippen LogP) is 2.38. The van der Waals surface area contributed by atoms with Crippen LogP contribution in [0.25, 0.3) is 0 Å². The van der Waals surface area contributed by atoms with Crippen molar-refractivity contribution in [2.75, 3.05) is 18.1 Å². The lowest BCUT2D eigenvalue weighted by atomic mass is 10.1. The van der Waals surface area contributed by atoms with E-state index in [1.54, 1.807) is 0 Å². The zero-order chi connectivity index (χ0) is 9.90. The number of carbonyl (C=O) groups is 1. The first-order chi connectivity index (χ1) is 6.10. The van der Waals surface area contributed by atoms with Crippen LogP contribution < -0.4 is 0 Å². The molecule has 1 fully saturated rings. The van der Waals surface area contributed by atoms with E-state index in [1.165, 1.54) is 0 Å². The average Bonchev–Trinajstić information content (AvgIpc) is 2.52. The molecule has 0 aromatic carbocycles. The molecule has 2 nitrogen and oxygen atoms in total. The monoisotopic (exact) mass is 220 g/mol. The van der Waals surface area contributed by atoms with Crippen molar-refractivity contribution >= 4 is 29.5 Å². The molecular formula is C9H16O2S2. The summed E-state index contributed by atoms with van der Waals surface area (Å²) in [6, 6.07) is 0. The fourth-order valence-electron chi connectivity index (χ4n) is 1.26. The van der Waals surface area contributed by atoms with Gasteiger partial charge in [0.25, 0.3) is 0 Å². The molecule has 1 unspecified atom stereocenters. The van der Waals surface area contributed by atoms with Gasteiger partial charge in [0.15, 0.2) is 0 Å². The molecule has 0 amide bonds. The van der Waals surface area contributed by atoms with E-state index in [-0.39, 0.29) is 16.0 Å². The molecule has 0 bridgehead atoms. The fraction of sp³-hybridized carbons (Fsp3) is 0.889. The van der Waals surface area contributed by atoms with Crippen molar-refractivity contribution in [3.05, 3.63) is 0 Å². The third-order valence-corrected chi connectivity index (χ3v) is 5.92. The molecule has 0 N–H and O–H groups in total. The molecule has 76 valence electrons. The van der Waals surface area contributed by atoms with Crippen LogP contribution in [0.3, 0.4) is 0 Å². The normalized spacial score (nSPS) is 22.7. The summed E-state index contributed by atoms with van der Waals surface area (Å²) >= 11 is 3.74. The Kier molecular flexibility index (Phi) is 3.98. The van der Waals surface area contributed by atoms with E-state index >= 15 is 0 Å². The lowest BCUT2D eigenvalue weighted by Gasteiger charge is -2.27. The van der Waals surface area contributed by atoms with Crippen molar-refractivity contribution in [2.24, 2.45) is 5.92 Å². The Morgan fingerprint density at radius 2 is 2.08 bits per heavy atom. The second-order valence-electron chi connectivity index (χ2n) is 3.19. The van der Waals surface area contributed by atoms with Crippen molar-refractivity contribution in [3.8, 4) is 0 Å². The largest absolute Gasteiger partial charge is 0.466 e. The first kappa shape index (κ1) is 11.2. The Balaban J connectivity index is 2.54. The summed E-state index contributed by atoms with van der Waals surface area (Å²) < 4.78 is 5.05. The van der Waals surface area contributed by atoms with E-state index in [1.807, 2.05) is 37.4 Å². The van der Waals surface area contributed by atoms with Gasteiger partial charge in [-0.05, 0) is 20.8 Å². The molecule has 1 rings (SSSR count). The number of esters is 1. The summed E-state index contributed by atoms with van der Waals surface area (Å²) in [5.41, 5.74) is 0. The fourth-order valence-corrected chi connectivity index (χ4v) is 4.26. The number of ether oxygens (including phenoxy) is 1. The lowest BCUT2D eigenvalue weighted by Crippen LogP contribution is -2.31. The lowest BCUT2D eigenvalue weighted by molar-refractivity contribution is -0.147. The maximum Gasteiger partial charge on any atom is 0.310 e. The Labute approximate surface area is 88.2 Å². The van der Waals surface area contributed by atoms with E-state index in [0.29, 0.717) is 6.61 Å². The summed E-state index contributed by atoms with van der Waals surface area (Å²) in [4.78, 5) is 11.5. The molecule has 0 radical (unpaired) electrons. The number of rotatable bonds is 3. The Bertz CT molecular complexity index is 188. The quantitative estimate of drug-likeness (QED) is 0.682. The highest BCUT2D eigenvalue weighted by Crippen LogP contribution is 2.48. The highest BCUT2D eigenvalue weighted by atomic mass is 32.2. The summed E-state index contributed by atoms with van der Waals surface area (Å²) in [5.74, 6) is 2.22. The number of hydrogen-bond acceptors (Lipinski definition) is 4. The summed E-state index contributed by atoms with van der Waals surface area (Å²) in [6.45, 7) is 6.43. The van der Waals surface area contributed by atoms with Crippen LogP contribution >= 0.6 is 23.5 Å². The van der Waals surface area contributed by atoms with Gasteiger partial charge in [0.05, 0.1) is 16.6 Å². The van der Waals surface area contributed by atoms with Crippen LogP contribution in [0.5, 0.6) is 0 Å². The highest BCUT2D eigenvalue weighted by Gasteiger charge is 2.40. The maximum absolute atomic E-state index is 11.5. The van der Waals surface area contributed by atoms with Gasteiger partial charge >= 0.3 is 5.97 Å². The van der Waals surface area contributed by atoms with Gasteiger partial charge in [-0.1, -0.05) is 0 Å². The highest BCUT2D eigenvalue weighted by molar-refractivity contribution is 8.21. The maximum atomic E-state index is 11.5. The van der Waals surface area contributed by atoms with Gasteiger partial charge < -0.3 is 4.74 Å². The molecule has 1 saturated heterocycles. The third-order valence-electron chi connectivity index (χ3n) is 2.29. The van der Waals surface area contributed by atoms with Crippen molar-refractivity contribution in [1.29, 1.82) is 0 Å². The van der Waals surface area contributed by atoms with Crippen molar-refractivity contribution in [3.63, 3.8) is 0 Å². The van der Waals surface area contributed by atoms with E-state index in [0.717, 1.165) is 11.5 Å². The molecule has 0 aromatic rings. The molecular weight excluding hydrogens is 204 g/mol. The zero-order valence-electron chi connectivity index (χ0n) is 8.33. The van der Waals surface area contributed by atoms with Gasteiger partial charge in [-0.15, -0.1) is 23.5 Å². The van der Waals surface area contributed by atoms with Gasteiger partial charge in [0.1, 0.15) is 0 Å². The second-order valence-corrected chi connectivity index (χ2v) is 6.54. The minimum atomic E-state index is -0.0631. The van der Waals surface area contributed by atoms with Gasteiger partial charge in [-0.3, -0.25) is 4.79 Å². The van der Waals surface area contributed by atoms with Crippen LogP contribution in [0.1, 0.15) is 20.8 Å². The number of carbonyl (C=O) groups excluding carboxylic acids is 1. The minimum Gasteiger partial charge on any atom is -0.466 e. The summed E-state index contributed by atoms with van der Waals surface area (Å²) in [5, 5.41) is 0. The zero-order valence-corrected chi connectivity index (χ0v) is 9.96. The summed E-state index contributed by atoms with van der Waals surface area (Å²) in [7, 11) is 0. The third kappa shape index (κ3) is 2.56. The minimum absolute atomic E-state index is 0.00931. The standard InChI is InChI=1S/C9H16O2S2/c1-4-11-8(10)7(2)9(3)12-5-6-13-9/h7H,4-6H2,1-3H3. The number of hydrogen-bond donors (Lipinski definition) is 0. The number of thioether (sulfide) groups is 2. The van der Waals surface area contributed by atoms with Crippen LogP contribution in [0.2, 0.25) is 0 Å². The molecule has 0 spiro atoms. The Morgan fingerprint density at radius 1 is 1.54 bits per heavy atom. The van der Waals surface area contributed by atoms with Crippen LogP contribution in [0.4, 0.5) is 0 Å². The van der Waals surface area contributed by atoms with E-state index in [2.05, 4.69) is 6.92 Å². The molecule has 4 heteroatoms. The van der Waals surface area contributed by atoms with Crippen molar-refractivity contribution in [1.82, 2.24) is 0 Å². The van der Waals surface area contributed by atoms with Crippen molar-refractivity contribution in [2.45, 2.75) is 24.9 Å². The van der Waals surface area contributed by atoms with Crippen LogP contribution in [-0.2, 0) is 9.53 Å². The predicted molar refractivity (Wildman–Crippen MR) is 59.1 cm³/mol. The van der Waals surface area contributed by atoms with E-state index < -0.39 is 0 Å². The van der Waals surface area contributed by atoms with Gasteiger partial charge in [-0.25, -0.2) is 0 Å². The molecule has 1 heterocycles. The van der Waals surface area contributed by atoms with Gasteiger partial charge in [0.2, 0.25) is 0 Å². The molecule has 0 aromatic heterocycles. The van der Waals surface area contributed by atoms with E-state index in [9.17, 15) is 4.79 Å². The van der Waals surface area contributed by atoms with Gasteiger partial charge in [-0.2, -0.15) is 0 Å². The topological polar surface area (TPSA) is 26.3 Å². The van der Waals surface area contributed by atoms with Gasteiger partial charge in [0, 0.05) is 11.5 Å². The van der Waals surface area contributed by atoms with Crippen LogP contribution in [0.15, 0.2) is 0 Å². The van der Waals surface area contributed by atoms with Crippen LogP contribution in [-0.4, -0.2) is 28.2 Å². The van der Waals surface area contributed by atoms with E-state index in [4.69, 9.17) is 4.74 Å². The SMILES string of the molecule is CCOC(=O)C(C)C1(C)SCCS1. The molecule has 0 saturated carbocycles. The second kappa shape index (κ2) is 4.60. The van der Waals surface area contributed by atoms with Crippen molar-refractivity contribution < 1.29 is 9.53 Å². The molecule has 13 heavy (non-hydrogen) atoms. The molecule has 1 aliphatic rings. The van der Waals surface area contributed by atoms with Crippen LogP contribution in [0, 0.1) is 5.92 Å². The first-order valence-corrected chi connectivity index (χ1v) is 6.52. The molecule has 1 aliphatic heterocycles. The first-order valence-electron chi connectivity index (χ1n) is 4.54. The Morgan fingerprint density at radius 3 is 2.54 bits per heavy atom. The smallest absolute Gasteiger partial charge is 0.310 e.